The Kier molecular flexibility index (Phi) is 5.05. The minimum Gasteiger partial charge on any atom is -0.482 e. The summed E-state index contributed by atoms with van der Waals surface area (Å²) < 4.78 is 15.2. The van der Waals surface area contributed by atoms with Gasteiger partial charge in [-0.05, 0) is 25.8 Å². The van der Waals surface area contributed by atoms with E-state index < -0.39 is 0 Å². The summed E-state index contributed by atoms with van der Waals surface area (Å²) in [5, 5.41) is 0. The molecule has 4 heteroatoms. The van der Waals surface area contributed by atoms with E-state index in [0.717, 1.165) is 24.2 Å². The second-order valence-corrected chi connectivity index (χ2v) is 3.55. The first-order valence-electron chi connectivity index (χ1n) is 5.32. The molecule has 0 fully saturated rings. The van der Waals surface area contributed by atoms with Crippen molar-refractivity contribution in [2.45, 2.75) is 25.9 Å². The van der Waals surface area contributed by atoms with Crippen molar-refractivity contribution in [1.82, 2.24) is 0 Å². The zero-order valence-corrected chi connectivity index (χ0v) is 9.99. The molecule has 0 aromatic heterocycles. The molecule has 0 bridgehead atoms. The van der Waals surface area contributed by atoms with Crippen molar-refractivity contribution in [2.24, 2.45) is 0 Å². The van der Waals surface area contributed by atoms with Gasteiger partial charge < -0.3 is 14.2 Å². The van der Waals surface area contributed by atoms with E-state index in [2.05, 4.69) is 10.8 Å². The standard InChI is InChI=1S/C12H18O4/c1-9(14-2)10-6-4-5-7-11(10)16-8-12(13)15-3/h6-7,9H,4-5,8H2,1-3H3. The molecule has 0 heterocycles. The van der Waals surface area contributed by atoms with Crippen LogP contribution < -0.4 is 0 Å². The fraction of sp³-hybridized carbons (Fsp3) is 0.583. The first-order chi connectivity index (χ1) is 7.69. The van der Waals surface area contributed by atoms with E-state index in [1.807, 2.05) is 13.0 Å². The van der Waals surface area contributed by atoms with E-state index in [1.54, 1.807) is 7.11 Å². The van der Waals surface area contributed by atoms with Crippen molar-refractivity contribution < 1.29 is 19.0 Å². The molecular formula is C12H18O4. The number of carbonyl (C=O) groups is 1. The maximum atomic E-state index is 11.0. The van der Waals surface area contributed by atoms with Gasteiger partial charge in [-0.1, -0.05) is 6.08 Å². The fourth-order valence-corrected chi connectivity index (χ4v) is 1.50. The van der Waals surface area contributed by atoms with Gasteiger partial charge in [0.15, 0.2) is 6.61 Å². The zero-order valence-electron chi connectivity index (χ0n) is 9.99. The van der Waals surface area contributed by atoms with Crippen LogP contribution >= 0.6 is 0 Å². The van der Waals surface area contributed by atoms with E-state index >= 15 is 0 Å². The molecule has 0 saturated heterocycles. The number of allylic oxidation sites excluding steroid dienone is 2. The predicted molar refractivity (Wildman–Crippen MR) is 59.8 cm³/mol. The molecule has 1 aliphatic carbocycles. The molecule has 16 heavy (non-hydrogen) atoms. The fourth-order valence-electron chi connectivity index (χ4n) is 1.50. The Hall–Kier alpha value is -1.29. The molecule has 1 atom stereocenters. The van der Waals surface area contributed by atoms with Crippen molar-refractivity contribution >= 4 is 5.97 Å². The van der Waals surface area contributed by atoms with Crippen LogP contribution in [0.15, 0.2) is 23.5 Å². The Labute approximate surface area is 95.9 Å². The van der Waals surface area contributed by atoms with Crippen LogP contribution in [-0.2, 0) is 19.0 Å². The lowest BCUT2D eigenvalue weighted by atomic mass is 10.0. The Bertz CT molecular complexity index is 304. The molecule has 0 spiro atoms. The lowest BCUT2D eigenvalue weighted by Gasteiger charge is -2.20. The number of esters is 1. The van der Waals surface area contributed by atoms with Gasteiger partial charge >= 0.3 is 5.97 Å². The van der Waals surface area contributed by atoms with Crippen LogP contribution in [0.5, 0.6) is 0 Å². The number of rotatable bonds is 5. The third-order valence-corrected chi connectivity index (χ3v) is 2.51. The van der Waals surface area contributed by atoms with Gasteiger partial charge in [-0.2, -0.15) is 0 Å². The predicted octanol–water partition coefficient (Wildman–Crippen LogP) is 1.81. The lowest BCUT2D eigenvalue weighted by molar-refractivity contribution is -0.144. The molecule has 0 N–H and O–H groups in total. The van der Waals surface area contributed by atoms with Crippen LogP contribution in [0, 0.1) is 0 Å². The number of carbonyl (C=O) groups excluding carboxylic acids is 1. The topological polar surface area (TPSA) is 44.8 Å². The van der Waals surface area contributed by atoms with Gasteiger partial charge in [0.2, 0.25) is 0 Å². The van der Waals surface area contributed by atoms with Crippen LogP contribution in [0.25, 0.3) is 0 Å². The van der Waals surface area contributed by atoms with Gasteiger partial charge in [0, 0.05) is 12.7 Å². The summed E-state index contributed by atoms with van der Waals surface area (Å²) in [6.07, 6.45) is 5.95. The monoisotopic (exact) mass is 226 g/mol. The minimum atomic E-state index is -0.379. The highest BCUT2D eigenvalue weighted by atomic mass is 16.6. The van der Waals surface area contributed by atoms with Crippen molar-refractivity contribution in [3.05, 3.63) is 23.5 Å². The summed E-state index contributed by atoms with van der Waals surface area (Å²) in [6.45, 7) is 1.89. The van der Waals surface area contributed by atoms with E-state index in [4.69, 9.17) is 9.47 Å². The second kappa shape index (κ2) is 6.33. The zero-order chi connectivity index (χ0) is 12.0. The Morgan fingerprint density at radius 1 is 1.38 bits per heavy atom. The summed E-state index contributed by atoms with van der Waals surface area (Å²) >= 11 is 0. The number of hydrogen-bond acceptors (Lipinski definition) is 4. The first kappa shape index (κ1) is 12.8. The SMILES string of the molecule is COC(=O)COC1=CCCC=C1C(C)OC. The van der Waals surface area contributed by atoms with E-state index in [-0.39, 0.29) is 18.7 Å². The van der Waals surface area contributed by atoms with E-state index in [0.29, 0.717) is 0 Å². The molecule has 4 nitrogen and oxygen atoms in total. The largest absolute Gasteiger partial charge is 0.482 e. The summed E-state index contributed by atoms with van der Waals surface area (Å²) in [7, 11) is 2.99. The van der Waals surface area contributed by atoms with E-state index in [9.17, 15) is 4.79 Å². The van der Waals surface area contributed by atoms with Gasteiger partial charge in [0.25, 0.3) is 0 Å². The number of methoxy groups -OCH3 is 2. The quantitative estimate of drug-likeness (QED) is 0.671. The maximum absolute atomic E-state index is 11.0. The van der Waals surface area contributed by atoms with Gasteiger partial charge in [-0.3, -0.25) is 0 Å². The van der Waals surface area contributed by atoms with Crippen LogP contribution in [0.2, 0.25) is 0 Å². The summed E-state index contributed by atoms with van der Waals surface area (Å²) in [5.41, 5.74) is 0.998. The van der Waals surface area contributed by atoms with Crippen LogP contribution in [0.4, 0.5) is 0 Å². The second-order valence-electron chi connectivity index (χ2n) is 3.55. The Morgan fingerprint density at radius 2 is 2.06 bits per heavy atom. The molecule has 0 aromatic carbocycles. The van der Waals surface area contributed by atoms with Crippen LogP contribution in [-0.4, -0.2) is 32.9 Å². The molecule has 0 aromatic rings. The summed E-state index contributed by atoms with van der Waals surface area (Å²) in [4.78, 5) is 11.0. The van der Waals surface area contributed by atoms with Gasteiger partial charge in [-0.15, -0.1) is 0 Å². The third kappa shape index (κ3) is 3.38. The molecule has 1 aliphatic rings. The van der Waals surface area contributed by atoms with Crippen LogP contribution in [0.3, 0.4) is 0 Å². The Morgan fingerprint density at radius 3 is 2.69 bits per heavy atom. The Balaban J connectivity index is 2.59. The highest BCUT2D eigenvalue weighted by Crippen LogP contribution is 2.24. The van der Waals surface area contributed by atoms with Crippen molar-refractivity contribution in [3.63, 3.8) is 0 Å². The third-order valence-electron chi connectivity index (χ3n) is 2.51. The molecule has 1 unspecified atom stereocenters. The highest BCUT2D eigenvalue weighted by molar-refractivity contribution is 5.70. The molecular weight excluding hydrogens is 208 g/mol. The van der Waals surface area contributed by atoms with Gasteiger partial charge in [-0.25, -0.2) is 4.79 Å². The number of hydrogen-bond donors (Lipinski definition) is 0. The number of ether oxygens (including phenoxy) is 3. The lowest BCUT2D eigenvalue weighted by Crippen LogP contribution is -2.17. The summed E-state index contributed by atoms with van der Waals surface area (Å²) in [6, 6.07) is 0. The molecule has 0 amide bonds. The van der Waals surface area contributed by atoms with Crippen molar-refractivity contribution in [3.8, 4) is 0 Å². The van der Waals surface area contributed by atoms with E-state index in [1.165, 1.54) is 7.11 Å². The first-order valence-corrected chi connectivity index (χ1v) is 5.32. The summed E-state index contributed by atoms with van der Waals surface area (Å²) in [5.74, 6) is 0.349. The van der Waals surface area contributed by atoms with Crippen molar-refractivity contribution in [1.29, 1.82) is 0 Å². The normalized spacial score (nSPS) is 17.2. The minimum absolute atomic E-state index is 0.0239. The van der Waals surface area contributed by atoms with Crippen molar-refractivity contribution in [2.75, 3.05) is 20.8 Å². The molecule has 0 aliphatic heterocycles. The average Bonchev–Trinajstić information content (AvgIpc) is 2.35. The smallest absolute Gasteiger partial charge is 0.343 e. The highest BCUT2D eigenvalue weighted by Gasteiger charge is 2.17. The molecule has 1 rings (SSSR count). The molecule has 90 valence electrons. The van der Waals surface area contributed by atoms with Gasteiger partial charge in [0.05, 0.1) is 13.2 Å². The maximum Gasteiger partial charge on any atom is 0.343 e. The molecule has 0 radical (unpaired) electrons. The average molecular weight is 226 g/mol. The van der Waals surface area contributed by atoms with Gasteiger partial charge in [0.1, 0.15) is 5.76 Å². The molecule has 0 saturated carbocycles. The van der Waals surface area contributed by atoms with Crippen LogP contribution in [0.1, 0.15) is 19.8 Å².